The summed E-state index contributed by atoms with van der Waals surface area (Å²) in [4.78, 5) is 4.02. The maximum Gasteiger partial charge on any atom is 0.0949 e. The lowest BCUT2D eigenvalue weighted by Gasteiger charge is -2.03. The van der Waals surface area contributed by atoms with Crippen molar-refractivity contribution in [3.63, 3.8) is 0 Å². The van der Waals surface area contributed by atoms with E-state index in [0.717, 1.165) is 6.54 Å². The molecule has 1 radical (unpaired) electrons. The summed E-state index contributed by atoms with van der Waals surface area (Å²) in [5.41, 5.74) is 2.45. The van der Waals surface area contributed by atoms with Crippen LogP contribution in [0.25, 0.3) is 6.08 Å². The lowest BCUT2D eigenvalue weighted by Crippen LogP contribution is -1.96. The molecule has 0 saturated heterocycles. The molecule has 1 heterocycles. The van der Waals surface area contributed by atoms with Gasteiger partial charge < -0.3 is 4.57 Å². The standard InChI is InChI=1S/C13H13N2/c1-2-4-12-5-3-6-13(9-12)10-15-8-7-14-11-15/h2-9,11H,1,10H2/b4-2+. The predicted molar refractivity (Wildman–Crippen MR) is 62.2 cm³/mol. The summed E-state index contributed by atoms with van der Waals surface area (Å²) in [6, 6.07) is 8.39. The van der Waals surface area contributed by atoms with Gasteiger partial charge >= 0.3 is 0 Å². The molecule has 0 saturated carbocycles. The summed E-state index contributed by atoms with van der Waals surface area (Å²) in [6.45, 7) is 4.55. The molecule has 2 heteroatoms. The molecule has 2 nitrogen and oxygen atoms in total. The normalized spacial score (nSPS) is 11.0. The first-order chi connectivity index (χ1) is 7.38. The third kappa shape index (κ3) is 2.56. The largest absolute Gasteiger partial charge is 0.333 e. The Hall–Kier alpha value is -1.83. The minimum atomic E-state index is 0.860. The molecule has 0 aliphatic rings. The molecule has 0 fully saturated rings. The maximum absolute atomic E-state index is 4.02. The van der Waals surface area contributed by atoms with Crippen LogP contribution in [0.1, 0.15) is 11.1 Å². The smallest absolute Gasteiger partial charge is 0.0949 e. The van der Waals surface area contributed by atoms with E-state index in [1.165, 1.54) is 11.1 Å². The Morgan fingerprint density at radius 3 is 3.07 bits per heavy atom. The molecule has 0 aliphatic carbocycles. The van der Waals surface area contributed by atoms with Gasteiger partial charge in [-0.15, -0.1) is 0 Å². The molecule has 2 rings (SSSR count). The van der Waals surface area contributed by atoms with Crippen molar-refractivity contribution in [2.75, 3.05) is 0 Å². The van der Waals surface area contributed by atoms with Gasteiger partial charge in [-0.05, 0) is 24.1 Å². The fourth-order valence-corrected chi connectivity index (χ4v) is 1.52. The van der Waals surface area contributed by atoms with E-state index in [2.05, 4.69) is 36.2 Å². The lowest BCUT2D eigenvalue weighted by molar-refractivity contribution is 0.797. The van der Waals surface area contributed by atoms with E-state index < -0.39 is 0 Å². The molecule has 2 aromatic rings. The van der Waals surface area contributed by atoms with Crippen LogP contribution in [0.2, 0.25) is 0 Å². The molecule has 0 unspecified atom stereocenters. The molecule has 0 aliphatic heterocycles. The van der Waals surface area contributed by atoms with Crippen molar-refractivity contribution in [1.29, 1.82) is 0 Å². The Labute approximate surface area is 89.9 Å². The van der Waals surface area contributed by atoms with Crippen molar-refractivity contribution < 1.29 is 0 Å². The molecule has 0 N–H and O–H groups in total. The van der Waals surface area contributed by atoms with Crippen molar-refractivity contribution in [2.45, 2.75) is 6.54 Å². The van der Waals surface area contributed by atoms with Gasteiger partial charge in [-0.3, -0.25) is 0 Å². The van der Waals surface area contributed by atoms with Gasteiger partial charge in [0.1, 0.15) is 0 Å². The van der Waals surface area contributed by atoms with Crippen LogP contribution >= 0.6 is 0 Å². The van der Waals surface area contributed by atoms with Crippen molar-refractivity contribution in [3.8, 4) is 0 Å². The molecular weight excluding hydrogens is 184 g/mol. The summed E-state index contributed by atoms with van der Waals surface area (Å²) in [5.74, 6) is 0. The molecule has 75 valence electrons. The van der Waals surface area contributed by atoms with E-state index in [1.54, 1.807) is 12.3 Å². The maximum atomic E-state index is 4.02. The quantitative estimate of drug-likeness (QED) is 0.739. The monoisotopic (exact) mass is 197 g/mol. The molecule has 1 aromatic carbocycles. The van der Waals surface area contributed by atoms with Crippen LogP contribution in [0.4, 0.5) is 0 Å². The van der Waals surface area contributed by atoms with Crippen LogP contribution in [0.15, 0.2) is 49.1 Å². The average molecular weight is 197 g/mol. The molecule has 0 spiro atoms. The fourth-order valence-electron chi connectivity index (χ4n) is 1.52. The SMILES string of the molecule is [CH2]/C=C/c1cccc(Cn2ccnc2)c1. The van der Waals surface area contributed by atoms with Gasteiger partial charge in [0.15, 0.2) is 0 Å². The zero-order valence-corrected chi connectivity index (χ0v) is 8.50. The Kier molecular flexibility index (Phi) is 2.98. The molecule has 1 aromatic heterocycles. The number of allylic oxidation sites excluding steroid dienone is 1. The highest BCUT2D eigenvalue weighted by molar-refractivity contribution is 5.50. The highest BCUT2D eigenvalue weighted by atomic mass is 15.0. The first kappa shape index (κ1) is 9.71. The second kappa shape index (κ2) is 4.60. The highest BCUT2D eigenvalue weighted by Gasteiger charge is 1.94. The third-order valence-corrected chi connectivity index (χ3v) is 2.19. The van der Waals surface area contributed by atoms with E-state index in [0.29, 0.717) is 0 Å². The van der Waals surface area contributed by atoms with E-state index in [9.17, 15) is 0 Å². The number of imidazole rings is 1. The molecule has 0 amide bonds. The molecule has 0 bridgehead atoms. The second-order valence-electron chi connectivity index (χ2n) is 3.38. The fraction of sp³-hybridized carbons (Fsp3) is 0.0769. The number of aromatic nitrogens is 2. The zero-order chi connectivity index (χ0) is 10.5. The van der Waals surface area contributed by atoms with E-state index in [1.807, 2.05) is 23.2 Å². The number of hydrogen-bond acceptors (Lipinski definition) is 1. The van der Waals surface area contributed by atoms with E-state index >= 15 is 0 Å². The van der Waals surface area contributed by atoms with Crippen molar-refractivity contribution in [2.24, 2.45) is 0 Å². The first-order valence-corrected chi connectivity index (χ1v) is 4.89. The van der Waals surface area contributed by atoms with E-state index in [4.69, 9.17) is 0 Å². The predicted octanol–water partition coefficient (Wildman–Crippen LogP) is 2.78. The summed E-state index contributed by atoms with van der Waals surface area (Å²) in [5, 5.41) is 0. The Bertz CT molecular complexity index is 441. The van der Waals surface area contributed by atoms with Gasteiger partial charge in [-0.25, -0.2) is 4.98 Å². The number of benzene rings is 1. The number of nitrogens with zero attached hydrogens (tertiary/aromatic N) is 2. The summed E-state index contributed by atoms with van der Waals surface area (Å²) >= 11 is 0. The first-order valence-electron chi connectivity index (χ1n) is 4.89. The molecular formula is C13H13N2. The number of rotatable bonds is 3. The van der Waals surface area contributed by atoms with E-state index in [-0.39, 0.29) is 0 Å². The van der Waals surface area contributed by atoms with Gasteiger partial charge in [0.2, 0.25) is 0 Å². The van der Waals surface area contributed by atoms with Gasteiger partial charge in [0, 0.05) is 18.9 Å². The summed E-state index contributed by atoms with van der Waals surface area (Å²) in [7, 11) is 0. The van der Waals surface area contributed by atoms with Gasteiger partial charge in [-0.1, -0.05) is 30.4 Å². The van der Waals surface area contributed by atoms with Crippen LogP contribution in [0, 0.1) is 6.92 Å². The number of hydrogen-bond donors (Lipinski definition) is 0. The van der Waals surface area contributed by atoms with Gasteiger partial charge in [0.05, 0.1) is 6.33 Å². The van der Waals surface area contributed by atoms with Crippen LogP contribution < -0.4 is 0 Å². The average Bonchev–Trinajstić information content (AvgIpc) is 2.71. The van der Waals surface area contributed by atoms with Crippen molar-refractivity contribution in [3.05, 3.63) is 67.1 Å². The third-order valence-electron chi connectivity index (χ3n) is 2.19. The summed E-state index contributed by atoms with van der Waals surface area (Å²) in [6.07, 6.45) is 9.38. The van der Waals surface area contributed by atoms with Gasteiger partial charge in [0.25, 0.3) is 0 Å². The Balaban J connectivity index is 2.18. The Morgan fingerprint density at radius 2 is 2.33 bits per heavy atom. The van der Waals surface area contributed by atoms with Crippen LogP contribution in [-0.4, -0.2) is 9.55 Å². The van der Waals surface area contributed by atoms with Crippen molar-refractivity contribution >= 4 is 6.08 Å². The van der Waals surface area contributed by atoms with Crippen LogP contribution in [0.5, 0.6) is 0 Å². The lowest BCUT2D eigenvalue weighted by atomic mass is 10.1. The minimum Gasteiger partial charge on any atom is -0.333 e. The highest BCUT2D eigenvalue weighted by Crippen LogP contribution is 2.08. The van der Waals surface area contributed by atoms with Crippen LogP contribution in [-0.2, 0) is 6.54 Å². The Morgan fingerprint density at radius 1 is 1.40 bits per heavy atom. The van der Waals surface area contributed by atoms with Gasteiger partial charge in [-0.2, -0.15) is 0 Å². The zero-order valence-electron chi connectivity index (χ0n) is 8.50. The molecule has 15 heavy (non-hydrogen) atoms. The minimum absolute atomic E-state index is 0.860. The topological polar surface area (TPSA) is 17.8 Å². The summed E-state index contributed by atoms with van der Waals surface area (Å²) < 4.78 is 2.05. The second-order valence-corrected chi connectivity index (χ2v) is 3.38. The molecule has 0 atom stereocenters. The van der Waals surface area contributed by atoms with Crippen molar-refractivity contribution in [1.82, 2.24) is 9.55 Å². The van der Waals surface area contributed by atoms with Crippen LogP contribution in [0.3, 0.4) is 0 Å².